The molecule has 2 aromatic heterocycles. The summed E-state index contributed by atoms with van der Waals surface area (Å²) >= 11 is 5.54. The Kier molecular flexibility index (Phi) is 4.44. The number of hydrogen-bond acceptors (Lipinski definition) is 2. The fraction of sp³-hybridized carbons (Fsp3) is 0.200. The van der Waals surface area contributed by atoms with Gasteiger partial charge in [-0.25, -0.2) is 0 Å². The van der Waals surface area contributed by atoms with Crippen LogP contribution < -0.4 is 5.73 Å². The first-order valence-corrected chi connectivity index (χ1v) is 9.87. The molecule has 2 heterocycles. The van der Waals surface area contributed by atoms with E-state index in [0.717, 1.165) is 30.3 Å². The molecule has 4 aromatic rings. The maximum Gasteiger partial charge on any atom is 0.0606 e. The summed E-state index contributed by atoms with van der Waals surface area (Å²) in [5.74, 6) is 0. The third kappa shape index (κ3) is 2.79. The van der Waals surface area contributed by atoms with Gasteiger partial charge >= 0.3 is 0 Å². The number of aromatic amines is 1. The zero-order valence-corrected chi connectivity index (χ0v) is 15.7. The predicted molar refractivity (Wildman–Crippen MR) is 109 cm³/mol. The second kappa shape index (κ2) is 6.71. The zero-order chi connectivity index (χ0) is 16.5. The van der Waals surface area contributed by atoms with Gasteiger partial charge in [0.1, 0.15) is 0 Å². The van der Waals surface area contributed by atoms with E-state index in [9.17, 15) is 0 Å². The number of aromatic nitrogens is 1. The smallest absolute Gasteiger partial charge is 0.0606 e. The predicted octanol–water partition coefficient (Wildman–Crippen LogP) is 6.09. The van der Waals surface area contributed by atoms with E-state index < -0.39 is 0 Å². The lowest BCUT2D eigenvalue weighted by atomic mass is 10.0. The summed E-state index contributed by atoms with van der Waals surface area (Å²) in [5.41, 5.74) is 9.55. The SMILES string of the molecule is NCCCCc1c(-c2cc3ccccc3s2)[nH]c2c(Br)cccc12. The summed E-state index contributed by atoms with van der Waals surface area (Å²) in [6, 6.07) is 17.3. The molecule has 0 atom stereocenters. The lowest BCUT2D eigenvalue weighted by Gasteiger charge is -2.03. The summed E-state index contributed by atoms with van der Waals surface area (Å²) < 4.78 is 2.45. The standard InChI is InChI=1S/C20H19BrN2S/c21-16-9-5-8-14-15(7-3-4-11-22)20(23-19(14)16)18-12-13-6-1-2-10-17(13)24-18/h1-2,5-6,8-10,12,23H,3-4,7,11,22H2. The Labute approximate surface area is 153 Å². The number of unbranched alkanes of at least 4 members (excludes halogenated alkanes) is 1. The van der Waals surface area contributed by atoms with Gasteiger partial charge in [0.15, 0.2) is 0 Å². The summed E-state index contributed by atoms with van der Waals surface area (Å²) in [6.07, 6.45) is 3.23. The average Bonchev–Trinajstić information content (AvgIpc) is 3.17. The molecule has 0 aliphatic rings. The first-order chi connectivity index (χ1) is 11.8. The third-order valence-electron chi connectivity index (χ3n) is 4.44. The molecule has 0 aliphatic heterocycles. The van der Waals surface area contributed by atoms with E-state index in [1.807, 2.05) is 11.3 Å². The number of nitrogens with one attached hydrogen (secondary N) is 1. The highest BCUT2D eigenvalue weighted by Crippen LogP contribution is 2.39. The number of rotatable bonds is 5. The molecule has 24 heavy (non-hydrogen) atoms. The Balaban J connectivity index is 1.89. The van der Waals surface area contributed by atoms with Crippen LogP contribution in [0.3, 0.4) is 0 Å². The highest BCUT2D eigenvalue weighted by Gasteiger charge is 2.16. The number of para-hydroxylation sites is 1. The molecule has 0 radical (unpaired) electrons. The Morgan fingerprint density at radius 3 is 2.75 bits per heavy atom. The molecular weight excluding hydrogens is 380 g/mol. The normalized spacial score (nSPS) is 11.6. The van der Waals surface area contributed by atoms with Crippen molar-refractivity contribution in [3.63, 3.8) is 0 Å². The second-order valence-corrected chi connectivity index (χ2v) is 7.97. The number of H-pyrrole nitrogens is 1. The molecule has 0 spiro atoms. The molecule has 4 heteroatoms. The molecule has 122 valence electrons. The Hall–Kier alpha value is -1.62. The third-order valence-corrected chi connectivity index (χ3v) is 6.24. The number of hydrogen-bond donors (Lipinski definition) is 2. The lowest BCUT2D eigenvalue weighted by Crippen LogP contribution is -1.99. The van der Waals surface area contributed by atoms with Crippen molar-refractivity contribution in [3.05, 3.63) is 58.6 Å². The van der Waals surface area contributed by atoms with Gasteiger partial charge in [0.2, 0.25) is 0 Å². The highest BCUT2D eigenvalue weighted by molar-refractivity contribution is 9.10. The number of benzene rings is 2. The molecule has 0 saturated heterocycles. The van der Waals surface area contributed by atoms with Crippen molar-refractivity contribution in [1.82, 2.24) is 4.98 Å². The first-order valence-electron chi connectivity index (χ1n) is 8.26. The van der Waals surface area contributed by atoms with E-state index >= 15 is 0 Å². The molecular formula is C20H19BrN2S. The summed E-state index contributed by atoms with van der Waals surface area (Å²) in [4.78, 5) is 4.98. The zero-order valence-electron chi connectivity index (χ0n) is 13.3. The minimum absolute atomic E-state index is 0.754. The van der Waals surface area contributed by atoms with Gasteiger partial charge in [-0.3, -0.25) is 0 Å². The van der Waals surface area contributed by atoms with Crippen molar-refractivity contribution in [2.24, 2.45) is 5.73 Å². The number of thiophene rings is 1. The monoisotopic (exact) mass is 398 g/mol. The van der Waals surface area contributed by atoms with E-state index in [4.69, 9.17) is 5.73 Å². The van der Waals surface area contributed by atoms with Crippen LogP contribution in [0.2, 0.25) is 0 Å². The van der Waals surface area contributed by atoms with Crippen molar-refractivity contribution in [2.75, 3.05) is 6.54 Å². The van der Waals surface area contributed by atoms with Gasteiger partial charge < -0.3 is 10.7 Å². The van der Waals surface area contributed by atoms with Gasteiger partial charge in [-0.15, -0.1) is 11.3 Å². The van der Waals surface area contributed by atoms with Crippen LogP contribution in [-0.4, -0.2) is 11.5 Å². The topological polar surface area (TPSA) is 41.8 Å². The average molecular weight is 399 g/mol. The molecule has 3 N–H and O–H groups in total. The molecule has 0 fully saturated rings. The van der Waals surface area contributed by atoms with Gasteiger partial charge in [-0.2, -0.15) is 0 Å². The van der Waals surface area contributed by atoms with Crippen LogP contribution in [0.4, 0.5) is 0 Å². The van der Waals surface area contributed by atoms with Crippen LogP contribution in [0.15, 0.2) is 53.0 Å². The van der Waals surface area contributed by atoms with Crippen LogP contribution in [0, 0.1) is 0 Å². The molecule has 0 saturated carbocycles. The summed E-state index contributed by atoms with van der Waals surface area (Å²) in [5, 5.41) is 2.62. The molecule has 2 nitrogen and oxygen atoms in total. The van der Waals surface area contributed by atoms with Crippen LogP contribution in [0.1, 0.15) is 18.4 Å². The minimum atomic E-state index is 0.754. The largest absolute Gasteiger partial charge is 0.353 e. The number of halogens is 1. The minimum Gasteiger partial charge on any atom is -0.353 e. The molecule has 0 aliphatic carbocycles. The molecule has 0 bridgehead atoms. The number of nitrogens with two attached hydrogens (primary N) is 1. The van der Waals surface area contributed by atoms with Crippen molar-refractivity contribution in [2.45, 2.75) is 19.3 Å². The van der Waals surface area contributed by atoms with E-state index in [1.54, 1.807) is 0 Å². The maximum atomic E-state index is 5.69. The van der Waals surface area contributed by atoms with Gasteiger partial charge in [-0.05, 0) is 70.9 Å². The first kappa shape index (κ1) is 15.9. The van der Waals surface area contributed by atoms with Gasteiger partial charge in [0.05, 0.1) is 16.1 Å². The fourth-order valence-corrected chi connectivity index (χ4v) is 4.81. The lowest BCUT2D eigenvalue weighted by molar-refractivity contribution is 0.748. The number of aryl methyl sites for hydroxylation is 1. The van der Waals surface area contributed by atoms with Crippen molar-refractivity contribution in [3.8, 4) is 10.6 Å². The Bertz CT molecular complexity index is 966. The van der Waals surface area contributed by atoms with E-state index in [1.165, 1.54) is 37.1 Å². The van der Waals surface area contributed by atoms with Crippen molar-refractivity contribution < 1.29 is 0 Å². The Morgan fingerprint density at radius 2 is 1.92 bits per heavy atom. The van der Waals surface area contributed by atoms with Gasteiger partial charge in [0, 0.05) is 14.6 Å². The van der Waals surface area contributed by atoms with Gasteiger partial charge in [-0.1, -0.05) is 30.3 Å². The fourth-order valence-electron chi connectivity index (χ4n) is 3.26. The van der Waals surface area contributed by atoms with Gasteiger partial charge in [0.25, 0.3) is 0 Å². The summed E-state index contributed by atoms with van der Waals surface area (Å²) in [7, 11) is 0. The van der Waals surface area contributed by atoms with Crippen molar-refractivity contribution >= 4 is 48.3 Å². The van der Waals surface area contributed by atoms with Crippen molar-refractivity contribution in [1.29, 1.82) is 0 Å². The molecule has 4 rings (SSSR count). The quantitative estimate of drug-likeness (QED) is 0.392. The molecule has 2 aromatic carbocycles. The Morgan fingerprint density at radius 1 is 1.04 bits per heavy atom. The summed E-state index contributed by atoms with van der Waals surface area (Å²) in [6.45, 7) is 0.754. The van der Waals surface area contributed by atoms with Crippen LogP contribution in [-0.2, 0) is 6.42 Å². The second-order valence-electron chi connectivity index (χ2n) is 6.04. The van der Waals surface area contributed by atoms with E-state index in [0.29, 0.717) is 0 Å². The van der Waals surface area contributed by atoms with Crippen LogP contribution >= 0.6 is 27.3 Å². The van der Waals surface area contributed by atoms with Crippen LogP contribution in [0.5, 0.6) is 0 Å². The molecule has 0 amide bonds. The number of fused-ring (bicyclic) bond motifs is 2. The highest BCUT2D eigenvalue weighted by atomic mass is 79.9. The van der Waals surface area contributed by atoms with Crippen LogP contribution in [0.25, 0.3) is 31.6 Å². The van der Waals surface area contributed by atoms with E-state index in [-0.39, 0.29) is 0 Å². The molecule has 0 unspecified atom stereocenters. The maximum absolute atomic E-state index is 5.69. The van der Waals surface area contributed by atoms with E-state index in [2.05, 4.69) is 69.4 Å².